The second kappa shape index (κ2) is 3.85. The van der Waals surface area contributed by atoms with Gasteiger partial charge in [-0.2, -0.15) is 23.4 Å². The van der Waals surface area contributed by atoms with Gasteiger partial charge in [-0.25, -0.2) is 4.98 Å². The predicted molar refractivity (Wildman–Crippen MR) is 51.9 cm³/mol. The van der Waals surface area contributed by atoms with E-state index in [9.17, 15) is 13.2 Å². The average molecular weight is 293 g/mol. The summed E-state index contributed by atoms with van der Waals surface area (Å²) in [6.07, 6.45) is -0.679. The molecule has 0 saturated heterocycles. The van der Waals surface area contributed by atoms with E-state index in [0.29, 0.717) is 0 Å². The molecular weight excluding hydrogens is 289 g/mol. The third kappa shape index (κ3) is 2.06. The third-order valence-electron chi connectivity index (χ3n) is 1.75. The summed E-state index contributed by atoms with van der Waals surface area (Å²) in [5.74, 6) is -0.347. The summed E-state index contributed by atoms with van der Waals surface area (Å²) < 4.78 is 38.3. The molecule has 0 amide bonds. The van der Waals surface area contributed by atoms with Gasteiger partial charge in [-0.3, -0.25) is 0 Å². The van der Waals surface area contributed by atoms with Gasteiger partial charge in [0, 0.05) is 10.7 Å². The zero-order valence-corrected chi connectivity index (χ0v) is 9.20. The number of halogens is 4. The van der Waals surface area contributed by atoms with Crippen LogP contribution in [0.4, 0.5) is 13.2 Å². The second-order valence-corrected chi connectivity index (χ2v) is 3.76. The Balaban J connectivity index is 2.62. The Hall–Kier alpha value is -1.44. The molecule has 0 aromatic carbocycles. The maximum absolute atomic E-state index is 12.7. The molecule has 0 aliphatic rings. The highest BCUT2D eigenvalue weighted by molar-refractivity contribution is 9.10. The summed E-state index contributed by atoms with van der Waals surface area (Å²) in [5, 5.41) is 7.24. The van der Waals surface area contributed by atoms with Gasteiger partial charge in [-0.15, -0.1) is 4.80 Å². The first-order valence-electron chi connectivity index (χ1n) is 4.08. The van der Waals surface area contributed by atoms with E-state index in [1.165, 1.54) is 18.6 Å². The van der Waals surface area contributed by atoms with Crippen molar-refractivity contribution in [3.8, 4) is 5.82 Å². The van der Waals surface area contributed by atoms with Crippen LogP contribution in [0, 0.1) is 0 Å². The monoisotopic (exact) mass is 292 g/mol. The first-order valence-corrected chi connectivity index (χ1v) is 4.87. The topological polar surface area (TPSA) is 43.6 Å². The molecule has 0 bridgehead atoms. The molecule has 0 N–H and O–H groups in total. The number of alkyl halides is 3. The maximum Gasteiger partial charge on any atom is 0.420 e. The van der Waals surface area contributed by atoms with Crippen molar-refractivity contribution < 1.29 is 13.2 Å². The molecule has 0 atom stereocenters. The Morgan fingerprint density at radius 1 is 1.19 bits per heavy atom. The van der Waals surface area contributed by atoms with Gasteiger partial charge in [-0.05, 0) is 22.0 Å². The van der Waals surface area contributed by atoms with Gasteiger partial charge in [0.2, 0.25) is 0 Å². The lowest BCUT2D eigenvalue weighted by Gasteiger charge is -2.10. The zero-order chi connectivity index (χ0) is 11.8. The molecule has 2 aromatic heterocycles. The summed E-state index contributed by atoms with van der Waals surface area (Å²) in [6, 6.07) is 0.936. The molecule has 0 saturated carbocycles. The number of aromatic nitrogens is 4. The minimum Gasteiger partial charge on any atom is -0.234 e. The predicted octanol–water partition coefficient (Wildman–Crippen LogP) is 2.44. The molecule has 0 aliphatic carbocycles. The molecular formula is C8H4BrF3N4. The maximum atomic E-state index is 12.7. The Bertz CT molecular complexity index is 494. The summed E-state index contributed by atoms with van der Waals surface area (Å²) in [7, 11) is 0. The summed E-state index contributed by atoms with van der Waals surface area (Å²) in [5.41, 5.74) is -0.891. The van der Waals surface area contributed by atoms with E-state index in [-0.39, 0.29) is 10.3 Å². The molecule has 4 nitrogen and oxygen atoms in total. The van der Waals surface area contributed by atoms with Gasteiger partial charge in [-0.1, -0.05) is 0 Å². The number of nitrogens with zero attached hydrogens (tertiary/aromatic N) is 4. The molecule has 2 aromatic rings. The minimum atomic E-state index is -4.50. The largest absolute Gasteiger partial charge is 0.420 e. The molecule has 0 radical (unpaired) electrons. The summed E-state index contributed by atoms with van der Waals surface area (Å²) >= 11 is 2.94. The van der Waals surface area contributed by atoms with Crippen LogP contribution in [0.5, 0.6) is 0 Å². The van der Waals surface area contributed by atoms with Gasteiger partial charge in [0.15, 0.2) is 5.82 Å². The number of hydrogen-bond donors (Lipinski definition) is 0. The van der Waals surface area contributed by atoms with Gasteiger partial charge in [0.25, 0.3) is 0 Å². The van der Waals surface area contributed by atoms with Crippen molar-refractivity contribution in [2.75, 3.05) is 0 Å². The molecule has 8 heteroatoms. The molecule has 0 fully saturated rings. The highest BCUT2D eigenvalue weighted by Crippen LogP contribution is 2.33. The van der Waals surface area contributed by atoms with Crippen molar-refractivity contribution in [2.45, 2.75) is 6.18 Å². The molecule has 84 valence electrons. The molecule has 2 heterocycles. The van der Waals surface area contributed by atoms with E-state index in [1.807, 2.05) is 0 Å². The van der Waals surface area contributed by atoms with Crippen LogP contribution in [0.2, 0.25) is 0 Å². The van der Waals surface area contributed by atoms with Crippen LogP contribution >= 0.6 is 15.9 Å². The van der Waals surface area contributed by atoms with Crippen molar-refractivity contribution >= 4 is 15.9 Å². The molecule has 0 spiro atoms. The van der Waals surface area contributed by atoms with Gasteiger partial charge >= 0.3 is 6.18 Å². The van der Waals surface area contributed by atoms with Crippen LogP contribution in [0.1, 0.15) is 5.56 Å². The van der Waals surface area contributed by atoms with Gasteiger partial charge in [0.05, 0.1) is 12.4 Å². The van der Waals surface area contributed by atoms with Crippen LogP contribution in [0.25, 0.3) is 5.82 Å². The highest BCUT2D eigenvalue weighted by Gasteiger charge is 2.35. The molecule has 0 unspecified atom stereocenters. The standard InChI is InChI=1S/C8H4BrF3N4/c9-5-3-6(8(10,11)12)7(13-4-5)16-14-1-2-15-16/h1-4H. The van der Waals surface area contributed by atoms with Crippen molar-refractivity contribution in [1.82, 2.24) is 20.0 Å². The van der Waals surface area contributed by atoms with Crippen molar-refractivity contribution in [3.05, 3.63) is 34.7 Å². The minimum absolute atomic E-state index is 0.246. The van der Waals surface area contributed by atoms with Crippen LogP contribution in [-0.4, -0.2) is 20.0 Å². The van der Waals surface area contributed by atoms with E-state index in [4.69, 9.17) is 0 Å². The molecule has 2 rings (SSSR count). The van der Waals surface area contributed by atoms with Crippen molar-refractivity contribution in [2.24, 2.45) is 0 Å². The first-order chi connectivity index (χ1) is 7.48. The summed E-state index contributed by atoms with van der Waals surface area (Å²) in [4.78, 5) is 4.49. The van der Waals surface area contributed by atoms with Crippen LogP contribution in [-0.2, 0) is 6.18 Å². The molecule has 16 heavy (non-hydrogen) atoms. The van der Waals surface area contributed by atoms with Crippen LogP contribution in [0.3, 0.4) is 0 Å². The zero-order valence-electron chi connectivity index (χ0n) is 7.61. The Labute approximate surface area is 96.2 Å². The fraction of sp³-hybridized carbons (Fsp3) is 0.125. The van der Waals surface area contributed by atoms with Crippen LogP contribution in [0.15, 0.2) is 29.1 Å². The second-order valence-electron chi connectivity index (χ2n) is 2.84. The van der Waals surface area contributed by atoms with Gasteiger partial charge < -0.3 is 0 Å². The first kappa shape index (κ1) is 11.1. The Morgan fingerprint density at radius 2 is 1.81 bits per heavy atom. The smallest absolute Gasteiger partial charge is 0.234 e. The lowest BCUT2D eigenvalue weighted by atomic mass is 10.2. The fourth-order valence-electron chi connectivity index (χ4n) is 1.13. The highest BCUT2D eigenvalue weighted by atomic mass is 79.9. The van der Waals surface area contributed by atoms with Crippen LogP contribution < -0.4 is 0 Å². The summed E-state index contributed by atoms with van der Waals surface area (Å²) in [6.45, 7) is 0. The molecule has 0 aliphatic heterocycles. The number of hydrogen-bond acceptors (Lipinski definition) is 3. The lowest BCUT2D eigenvalue weighted by Crippen LogP contribution is -2.14. The van der Waals surface area contributed by atoms with E-state index in [1.54, 1.807) is 0 Å². The van der Waals surface area contributed by atoms with Gasteiger partial charge in [0.1, 0.15) is 5.56 Å². The Kier molecular flexibility index (Phi) is 2.66. The SMILES string of the molecule is FC(F)(F)c1cc(Br)cnc1-n1nccn1. The van der Waals surface area contributed by atoms with E-state index in [0.717, 1.165) is 10.9 Å². The normalized spacial score (nSPS) is 11.8. The average Bonchev–Trinajstić information content (AvgIpc) is 2.69. The van der Waals surface area contributed by atoms with Crippen molar-refractivity contribution in [1.29, 1.82) is 0 Å². The number of rotatable bonds is 1. The fourth-order valence-corrected chi connectivity index (χ4v) is 1.46. The third-order valence-corrected chi connectivity index (χ3v) is 2.18. The Morgan fingerprint density at radius 3 is 2.38 bits per heavy atom. The van der Waals surface area contributed by atoms with E-state index < -0.39 is 11.7 Å². The lowest BCUT2D eigenvalue weighted by molar-refractivity contribution is -0.137. The van der Waals surface area contributed by atoms with Crippen molar-refractivity contribution in [3.63, 3.8) is 0 Å². The quantitative estimate of drug-likeness (QED) is 0.811. The van der Waals surface area contributed by atoms with E-state index >= 15 is 0 Å². The number of pyridine rings is 1. The van der Waals surface area contributed by atoms with E-state index in [2.05, 4.69) is 31.1 Å².